The van der Waals surface area contributed by atoms with Crippen molar-refractivity contribution in [2.45, 2.75) is 69.4 Å². The smallest absolute Gasteiger partial charge is 0.257 e. The number of aliphatic imine (C=N–C) groups is 1. The Balaban J connectivity index is 1.56. The van der Waals surface area contributed by atoms with Crippen molar-refractivity contribution in [3.05, 3.63) is 64.7 Å². The largest absolute Gasteiger partial charge is 0.351 e. The average Bonchev–Trinajstić information content (AvgIpc) is 3.29. The van der Waals surface area contributed by atoms with E-state index < -0.39 is 5.54 Å². The molecule has 2 aromatic carbocycles. The zero-order chi connectivity index (χ0) is 22.8. The van der Waals surface area contributed by atoms with Crippen LogP contribution in [-0.4, -0.2) is 40.6 Å². The SMILES string of the molecule is O=C1c2cc(Cl)ccc2N=C(c2ccccc2)CN1C1(C(=O)NC2CCCCC2)CCCC1. The van der Waals surface area contributed by atoms with Crippen LogP contribution in [0.15, 0.2) is 53.5 Å². The Kier molecular flexibility index (Phi) is 6.24. The first-order chi connectivity index (χ1) is 16.1. The van der Waals surface area contributed by atoms with Gasteiger partial charge in [0, 0.05) is 11.1 Å². The molecule has 33 heavy (non-hydrogen) atoms. The van der Waals surface area contributed by atoms with Crippen LogP contribution in [0.3, 0.4) is 0 Å². The van der Waals surface area contributed by atoms with Crippen molar-refractivity contribution in [3.8, 4) is 0 Å². The summed E-state index contributed by atoms with van der Waals surface area (Å²) >= 11 is 6.28. The Morgan fingerprint density at radius 3 is 2.45 bits per heavy atom. The van der Waals surface area contributed by atoms with E-state index in [2.05, 4.69) is 5.32 Å². The molecule has 1 aliphatic heterocycles. The normalized spacial score (nSPS) is 20.7. The van der Waals surface area contributed by atoms with Crippen molar-refractivity contribution >= 4 is 34.8 Å². The number of amides is 2. The van der Waals surface area contributed by atoms with Crippen LogP contribution < -0.4 is 5.32 Å². The zero-order valence-electron chi connectivity index (χ0n) is 18.9. The van der Waals surface area contributed by atoms with Crippen LogP contribution in [0.1, 0.15) is 73.7 Å². The van der Waals surface area contributed by atoms with Gasteiger partial charge in [0.05, 0.1) is 23.5 Å². The minimum absolute atomic E-state index is 0.00172. The Morgan fingerprint density at radius 1 is 1.00 bits per heavy atom. The van der Waals surface area contributed by atoms with E-state index in [1.165, 1.54) is 6.42 Å². The first-order valence-corrected chi connectivity index (χ1v) is 12.5. The number of carbonyl (C=O) groups excluding carboxylic acids is 2. The van der Waals surface area contributed by atoms with Gasteiger partial charge in [-0.25, -0.2) is 0 Å². The summed E-state index contributed by atoms with van der Waals surface area (Å²) in [7, 11) is 0. The van der Waals surface area contributed by atoms with Crippen LogP contribution in [-0.2, 0) is 4.79 Å². The molecule has 0 saturated heterocycles. The molecule has 2 aromatic rings. The maximum Gasteiger partial charge on any atom is 0.257 e. The van der Waals surface area contributed by atoms with Gasteiger partial charge in [-0.15, -0.1) is 0 Å². The highest BCUT2D eigenvalue weighted by Gasteiger charge is 2.50. The van der Waals surface area contributed by atoms with E-state index >= 15 is 0 Å². The minimum Gasteiger partial charge on any atom is -0.351 e. The molecule has 2 amide bonds. The second-order valence-corrected chi connectivity index (χ2v) is 9.96. The number of nitrogens with zero attached hydrogens (tertiary/aromatic N) is 2. The summed E-state index contributed by atoms with van der Waals surface area (Å²) in [5.74, 6) is -0.166. The molecule has 3 aliphatic rings. The third-order valence-corrected chi connectivity index (χ3v) is 7.65. The fourth-order valence-electron chi connectivity index (χ4n) is 5.60. The average molecular weight is 464 g/mol. The van der Waals surface area contributed by atoms with Gasteiger partial charge in [-0.1, -0.05) is 74.0 Å². The van der Waals surface area contributed by atoms with Gasteiger partial charge in [0.1, 0.15) is 5.54 Å². The van der Waals surface area contributed by atoms with Crippen molar-refractivity contribution in [1.82, 2.24) is 10.2 Å². The van der Waals surface area contributed by atoms with Gasteiger partial charge in [-0.05, 0) is 49.4 Å². The molecule has 0 atom stereocenters. The number of fused-ring (bicyclic) bond motifs is 1. The minimum atomic E-state index is -0.853. The quantitative estimate of drug-likeness (QED) is 0.634. The first kappa shape index (κ1) is 22.1. The third kappa shape index (κ3) is 4.31. The lowest BCUT2D eigenvalue weighted by atomic mass is 9.89. The number of hydrogen-bond donors (Lipinski definition) is 1. The number of nitrogens with one attached hydrogen (secondary N) is 1. The number of benzene rings is 2. The fourth-order valence-corrected chi connectivity index (χ4v) is 5.78. The Labute approximate surface area is 200 Å². The molecule has 0 unspecified atom stereocenters. The van der Waals surface area contributed by atoms with Crippen molar-refractivity contribution in [3.63, 3.8) is 0 Å². The number of rotatable bonds is 4. The van der Waals surface area contributed by atoms with Gasteiger partial charge < -0.3 is 10.2 Å². The van der Waals surface area contributed by atoms with Gasteiger partial charge in [-0.2, -0.15) is 0 Å². The molecule has 172 valence electrons. The van der Waals surface area contributed by atoms with Crippen LogP contribution in [0.2, 0.25) is 5.02 Å². The lowest BCUT2D eigenvalue weighted by Gasteiger charge is -2.41. The molecule has 0 radical (unpaired) electrons. The predicted octanol–water partition coefficient (Wildman–Crippen LogP) is 5.68. The second kappa shape index (κ2) is 9.30. The Bertz CT molecular complexity index is 1070. The van der Waals surface area contributed by atoms with E-state index in [0.717, 1.165) is 49.8 Å². The molecule has 2 aliphatic carbocycles. The summed E-state index contributed by atoms with van der Waals surface area (Å²) in [6.07, 6.45) is 8.79. The lowest BCUT2D eigenvalue weighted by Crippen LogP contribution is -2.61. The molecule has 0 aromatic heterocycles. The Morgan fingerprint density at radius 2 is 1.73 bits per heavy atom. The van der Waals surface area contributed by atoms with Crippen molar-refractivity contribution < 1.29 is 9.59 Å². The highest BCUT2D eigenvalue weighted by Crippen LogP contribution is 2.40. The zero-order valence-corrected chi connectivity index (χ0v) is 19.6. The molecule has 5 nitrogen and oxygen atoms in total. The molecule has 5 rings (SSSR count). The van der Waals surface area contributed by atoms with E-state index in [0.29, 0.717) is 35.7 Å². The maximum absolute atomic E-state index is 14.0. The molecular formula is C27H30ClN3O2. The molecule has 0 bridgehead atoms. The van der Waals surface area contributed by atoms with Crippen LogP contribution in [0.4, 0.5) is 5.69 Å². The van der Waals surface area contributed by atoms with Crippen molar-refractivity contribution in [2.75, 3.05) is 6.54 Å². The summed E-state index contributed by atoms with van der Waals surface area (Å²) in [4.78, 5) is 34.5. The summed E-state index contributed by atoms with van der Waals surface area (Å²) in [5.41, 5.74) is 1.96. The summed E-state index contributed by atoms with van der Waals surface area (Å²) in [5, 5.41) is 3.82. The summed E-state index contributed by atoms with van der Waals surface area (Å²) in [6, 6.07) is 15.4. The van der Waals surface area contributed by atoms with E-state index in [1.807, 2.05) is 30.3 Å². The summed E-state index contributed by atoms with van der Waals surface area (Å²) in [6.45, 7) is 0.299. The number of hydrogen-bond acceptors (Lipinski definition) is 3. The molecule has 1 heterocycles. The maximum atomic E-state index is 14.0. The van der Waals surface area contributed by atoms with E-state index in [4.69, 9.17) is 16.6 Å². The fraction of sp³-hybridized carbons (Fsp3) is 0.444. The van der Waals surface area contributed by atoms with Crippen LogP contribution in [0, 0.1) is 0 Å². The van der Waals surface area contributed by atoms with Crippen LogP contribution in [0.5, 0.6) is 0 Å². The van der Waals surface area contributed by atoms with Gasteiger partial charge >= 0.3 is 0 Å². The van der Waals surface area contributed by atoms with Gasteiger partial charge in [0.25, 0.3) is 5.91 Å². The van der Waals surface area contributed by atoms with E-state index in [1.54, 1.807) is 23.1 Å². The molecule has 2 saturated carbocycles. The molecule has 6 heteroatoms. The monoisotopic (exact) mass is 463 g/mol. The van der Waals surface area contributed by atoms with E-state index in [9.17, 15) is 9.59 Å². The first-order valence-electron chi connectivity index (χ1n) is 12.1. The second-order valence-electron chi connectivity index (χ2n) is 9.52. The van der Waals surface area contributed by atoms with Gasteiger partial charge in [-0.3, -0.25) is 14.6 Å². The van der Waals surface area contributed by atoms with Crippen LogP contribution >= 0.6 is 11.6 Å². The highest BCUT2D eigenvalue weighted by atomic mass is 35.5. The van der Waals surface area contributed by atoms with Crippen molar-refractivity contribution in [1.29, 1.82) is 0 Å². The van der Waals surface area contributed by atoms with Crippen LogP contribution in [0.25, 0.3) is 0 Å². The third-order valence-electron chi connectivity index (χ3n) is 7.41. The predicted molar refractivity (Wildman–Crippen MR) is 131 cm³/mol. The molecule has 0 spiro atoms. The van der Waals surface area contributed by atoms with Crippen molar-refractivity contribution in [2.24, 2.45) is 4.99 Å². The van der Waals surface area contributed by atoms with Gasteiger partial charge in [0.15, 0.2) is 0 Å². The lowest BCUT2D eigenvalue weighted by molar-refractivity contribution is -0.132. The number of carbonyl (C=O) groups is 2. The van der Waals surface area contributed by atoms with E-state index in [-0.39, 0.29) is 17.9 Å². The Hall–Kier alpha value is -2.66. The molecule has 1 N–H and O–H groups in total. The highest BCUT2D eigenvalue weighted by molar-refractivity contribution is 6.31. The van der Waals surface area contributed by atoms with Gasteiger partial charge in [0.2, 0.25) is 5.91 Å². The standard InChI is InChI=1S/C27H30ClN3O2/c28-20-13-14-23-22(17-20)25(32)31(18-24(30-23)19-9-3-1-4-10-19)27(15-7-8-16-27)26(33)29-21-11-5-2-6-12-21/h1,3-4,9-10,13-14,17,21H,2,5-8,11-12,15-16,18H2,(H,29,33). The molecule has 2 fully saturated rings. The topological polar surface area (TPSA) is 61.8 Å². The summed E-state index contributed by atoms with van der Waals surface area (Å²) < 4.78 is 0. The molecular weight excluding hydrogens is 434 g/mol. The number of halogens is 1.